The second-order valence-corrected chi connectivity index (χ2v) is 5.63. The molecule has 1 aliphatic rings. The van der Waals surface area contributed by atoms with Crippen LogP contribution in [-0.2, 0) is 9.59 Å². The quantitative estimate of drug-likeness (QED) is 0.508. The highest BCUT2D eigenvalue weighted by molar-refractivity contribution is 6.46. The molecule has 3 rings (SSSR count). The molecule has 2 aromatic carbocycles. The van der Waals surface area contributed by atoms with E-state index >= 15 is 0 Å². The van der Waals surface area contributed by atoms with Crippen molar-refractivity contribution in [3.05, 3.63) is 77.1 Å². The minimum absolute atomic E-state index is 0.0712. The van der Waals surface area contributed by atoms with Gasteiger partial charge in [0.1, 0.15) is 11.6 Å². The maximum Gasteiger partial charge on any atom is 0.295 e. The van der Waals surface area contributed by atoms with Gasteiger partial charge in [-0.05, 0) is 17.7 Å². The second-order valence-electron chi connectivity index (χ2n) is 5.63. The van der Waals surface area contributed by atoms with E-state index in [-0.39, 0.29) is 24.5 Å². The van der Waals surface area contributed by atoms with E-state index in [0.717, 1.165) is 0 Å². The van der Waals surface area contributed by atoms with E-state index in [2.05, 4.69) is 0 Å². The number of rotatable bonds is 4. The molecule has 1 saturated heterocycles. The molecule has 5 nitrogen and oxygen atoms in total. The maximum absolute atomic E-state index is 13.2. The maximum atomic E-state index is 13.2. The molecule has 1 fully saturated rings. The summed E-state index contributed by atoms with van der Waals surface area (Å²) < 4.78 is 13.2. The number of hydrogen-bond donors (Lipinski definition) is 2. The summed E-state index contributed by atoms with van der Waals surface area (Å²) in [6.45, 7) is -0.408. The highest BCUT2D eigenvalue weighted by Crippen LogP contribution is 2.39. The molecule has 0 spiro atoms. The highest BCUT2D eigenvalue weighted by Gasteiger charge is 2.45. The number of β-amino-alcohol motifs (C(OH)–C–C–N with tert-alkyl or cyclic N) is 1. The number of ketones is 1. The van der Waals surface area contributed by atoms with Crippen LogP contribution in [0.5, 0.6) is 0 Å². The number of aliphatic hydroxyl groups excluding tert-OH is 2. The zero-order chi connectivity index (χ0) is 18.0. The van der Waals surface area contributed by atoms with Crippen LogP contribution in [0.15, 0.2) is 60.2 Å². The molecule has 1 amide bonds. The Balaban J connectivity index is 2.18. The number of carbonyl (C=O) groups is 2. The molecule has 0 aliphatic carbocycles. The van der Waals surface area contributed by atoms with Crippen LogP contribution in [0.4, 0.5) is 4.39 Å². The summed E-state index contributed by atoms with van der Waals surface area (Å²) in [6, 6.07) is 12.9. The summed E-state index contributed by atoms with van der Waals surface area (Å²) in [4.78, 5) is 26.0. The van der Waals surface area contributed by atoms with Crippen molar-refractivity contribution in [1.29, 1.82) is 0 Å². The van der Waals surface area contributed by atoms with Crippen LogP contribution < -0.4 is 0 Å². The van der Waals surface area contributed by atoms with E-state index in [4.69, 9.17) is 0 Å². The number of nitrogens with zero attached hydrogens (tertiary/aromatic N) is 1. The average molecular weight is 341 g/mol. The third kappa shape index (κ3) is 3.04. The van der Waals surface area contributed by atoms with Crippen molar-refractivity contribution < 1.29 is 24.2 Å². The number of likely N-dealkylation sites (tertiary alicyclic amines) is 1. The lowest BCUT2D eigenvalue weighted by molar-refractivity contribution is -0.140. The topological polar surface area (TPSA) is 77.8 Å². The Labute approximate surface area is 143 Å². The lowest BCUT2D eigenvalue weighted by Gasteiger charge is -2.24. The van der Waals surface area contributed by atoms with Crippen LogP contribution in [0, 0.1) is 5.82 Å². The van der Waals surface area contributed by atoms with Gasteiger partial charge in [-0.1, -0.05) is 42.5 Å². The van der Waals surface area contributed by atoms with E-state index in [0.29, 0.717) is 11.1 Å². The lowest BCUT2D eigenvalue weighted by Crippen LogP contribution is -2.32. The lowest BCUT2D eigenvalue weighted by atomic mass is 9.95. The van der Waals surface area contributed by atoms with Crippen molar-refractivity contribution in [2.24, 2.45) is 0 Å². The van der Waals surface area contributed by atoms with Crippen LogP contribution in [0.2, 0.25) is 0 Å². The number of Topliss-reactive ketones (excluding diaryl/α,β-unsaturated/α-hetero) is 1. The average Bonchev–Trinajstić information content (AvgIpc) is 2.88. The molecule has 2 N–H and O–H groups in total. The van der Waals surface area contributed by atoms with Crippen molar-refractivity contribution in [1.82, 2.24) is 4.90 Å². The molecule has 0 saturated carbocycles. The molecular weight excluding hydrogens is 325 g/mol. The van der Waals surface area contributed by atoms with Gasteiger partial charge in [0.2, 0.25) is 0 Å². The number of aliphatic hydroxyl groups is 2. The Kier molecular flexibility index (Phi) is 4.63. The van der Waals surface area contributed by atoms with Gasteiger partial charge in [0, 0.05) is 12.1 Å². The Bertz CT molecular complexity index is 830. The summed E-state index contributed by atoms with van der Waals surface area (Å²) in [5.74, 6) is -2.38. The molecule has 0 bridgehead atoms. The van der Waals surface area contributed by atoms with Crippen molar-refractivity contribution in [3.63, 3.8) is 0 Å². The molecule has 0 aromatic heterocycles. The fourth-order valence-electron chi connectivity index (χ4n) is 2.96. The van der Waals surface area contributed by atoms with Gasteiger partial charge in [-0.25, -0.2) is 4.39 Å². The van der Waals surface area contributed by atoms with Gasteiger partial charge in [-0.15, -0.1) is 0 Å². The van der Waals surface area contributed by atoms with E-state index in [1.807, 2.05) is 0 Å². The number of carbonyl (C=O) groups excluding carboxylic acids is 2. The fraction of sp³-hybridized carbons (Fsp3) is 0.158. The molecule has 0 radical (unpaired) electrons. The van der Waals surface area contributed by atoms with E-state index in [1.165, 1.54) is 29.2 Å². The molecule has 25 heavy (non-hydrogen) atoms. The molecular formula is C19H16FNO4. The minimum Gasteiger partial charge on any atom is -0.507 e. The first-order valence-corrected chi connectivity index (χ1v) is 7.74. The smallest absolute Gasteiger partial charge is 0.295 e. The van der Waals surface area contributed by atoms with Crippen LogP contribution in [0.1, 0.15) is 17.2 Å². The molecule has 128 valence electrons. The van der Waals surface area contributed by atoms with E-state index in [9.17, 15) is 24.2 Å². The predicted octanol–water partition coefficient (Wildman–Crippen LogP) is 2.24. The van der Waals surface area contributed by atoms with Gasteiger partial charge in [-0.3, -0.25) is 9.59 Å². The number of hydrogen-bond acceptors (Lipinski definition) is 4. The standard InChI is InChI=1S/C19H16FNO4/c20-14-8-6-12(7-9-14)16-15(17(23)13-4-2-1-3-5-13)18(24)19(25)21(16)10-11-22/h1-9,16,22-23H,10-11H2/t16-/m1/s1. The second kappa shape index (κ2) is 6.86. The monoisotopic (exact) mass is 341 g/mol. The van der Waals surface area contributed by atoms with Gasteiger partial charge >= 0.3 is 0 Å². The molecule has 1 atom stereocenters. The van der Waals surface area contributed by atoms with Crippen molar-refractivity contribution in [2.45, 2.75) is 6.04 Å². The Morgan fingerprint density at radius 2 is 1.68 bits per heavy atom. The third-order valence-corrected chi connectivity index (χ3v) is 4.11. The van der Waals surface area contributed by atoms with Gasteiger partial charge in [0.15, 0.2) is 0 Å². The van der Waals surface area contributed by atoms with Crippen molar-refractivity contribution >= 4 is 17.4 Å². The fourth-order valence-corrected chi connectivity index (χ4v) is 2.96. The van der Waals surface area contributed by atoms with E-state index < -0.39 is 23.5 Å². The largest absolute Gasteiger partial charge is 0.507 e. The molecule has 1 aliphatic heterocycles. The van der Waals surface area contributed by atoms with Gasteiger partial charge < -0.3 is 15.1 Å². The first kappa shape index (κ1) is 16.9. The summed E-state index contributed by atoms with van der Waals surface area (Å²) in [5, 5.41) is 19.9. The summed E-state index contributed by atoms with van der Waals surface area (Å²) >= 11 is 0. The molecule has 1 heterocycles. The summed E-state index contributed by atoms with van der Waals surface area (Å²) in [7, 11) is 0. The van der Waals surface area contributed by atoms with Crippen molar-refractivity contribution in [2.75, 3.05) is 13.2 Å². The predicted molar refractivity (Wildman–Crippen MR) is 88.9 cm³/mol. The summed E-state index contributed by atoms with van der Waals surface area (Å²) in [6.07, 6.45) is 0. The number of amides is 1. The van der Waals surface area contributed by atoms with Crippen LogP contribution in [0.25, 0.3) is 5.76 Å². The normalized spacial score (nSPS) is 19.4. The van der Waals surface area contributed by atoms with Crippen LogP contribution in [0.3, 0.4) is 0 Å². The van der Waals surface area contributed by atoms with Gasteiger partial charge in [0.05, 0.1) is 18.2 Å². The highest BCUT2D eigenvalue weighted by atomic mass is 19.1. The number of halogens is 1. The first-order chi connectivity index (χ1) is 12.0. The van der Waals surface area contributed by atoms with Crippen LogP contribution >= 0.6 is 0 Å². The Morgan fingerprint density at radius 1 is 1.04 bits per heavy atom. The summed E-state index contributed by atoms with van der Waals surface area (Å²) in [5.41, 5.74) is 0.805. The Hall–Kier alpha value is -2.99. The molecule has 0 unspecified atom stereocenters. The van der Waals surface area contributed by atoms with Crippen LogP contribution in [-0.4, -0.2) is 40.0 Å². The van der Waals surface area contributed by atoms with Gasteiger partial charge in [-0.2, -0.15) is 0 Å². The zero-order valence-corrected chi connectivity index (χ0v) is 13.2. The molecule has 6 heteroatoms. The van der Waals surface area contributed by atoms with E-state index in [1.54, 1.807) is 30.3 Å². The number of benzene rings is 2. The third-order valence-electron chi connectivity index (χ3n) is 4.11. The SMILES string of the molecule is O=C1C(=O)N(CCO)[C@H](c2ccc(F)cc2)C1=C(O)c1ccccc1. The van der Waals surface area contributed by atoms with Gasteiger partial charge in [0.25, 0.3) is 11.7 Å². The minimum atomic E-state index is -0.882. The van der Waals surface area contributed by atoms with Crippen molar-refractivity contribution in [3.8, 4) is 0 Å². The molecule has 2 aromatic rings. The zero-order valence-electron chi connectivity index (χ0n) is 13.2. The Morgan fingerprint density at radius 3 is 2.28 bits per heavy atom. The first-order valence-electron chi connectivity index (χ1n) is 7.74.